The molecule has 1 aliphatic rings. The van der Waals surface area contributed by atoms with Gasteiger partial charge in [-0.25, -0.2) is 0 Å². The number of rotatable bonds is 8. The molecule has 0 radical (unpaired) electrons. The van der Waals surface area contributed by atoms with Crippen LogP contribution in [0.5, 0.6) is 0 Å². The Hall–Kier alpha value is -0.220. The summed E-state index contributed by atoms with van der Waals surface area (Å²) in [6.45, 7) is 12.7. The summed E-state index contributed by atoms with van der Waals surface area (Å²) in [6.07, 6.45) is 0. The zero-order valence-electron chi connectivity index (χ0n) is 12.2. The highest BCUT2D eigenvalue weighted by atomic mass is 32.2. The standard InChI is InChI=1S/C14H28N2OS/c1-11(2)7-16(8-12(3)4)14(17)10-18-9-13-5-15-6-13/h11-13,15H,5-10H2,1-4H3. The summed E-state index contributed by atoms with van der Waals surface area (Å²) in [5.41, 5.74) is 0. The van der Waals surface area contributed by atoms with Crippen molar-refractivity contribution in [3.63, 3.8) is 0 Å². The Morgan fingerprint density at radius 1 is 1.22 bits per heavy atom. The van der Waals surface area contributed by atoms with Gasteiger partial charge < -0.3 is 10.2 Å². The molecule has 106 valence electrons. The number of nitrogens with one attached hydrogen (secondary N) is 1. The Morgan fingerprint density at radius 3 is 2.17 bits per heavy atom. The first-order valence-electron chi connectivity index (χ1n) is 7.05. The predicted molar refractivity (Wildman–Crippen MR) is 79.9 cm³/mol. The van der Waals surface area contributed by atoms with Crippen LogP contribution in [0.2, 0.25) is 0 Å². The summed E-state index contributed by atoms with van der Waals surface area (Å²) >= 11 is 1.80. The average molecular weight is 272 g/mol. The quantitative estimate of drug-likeness (QED) is 0.734. The summed E-state index contributed by atoms with van der Waals surface area (Å²) in [6, 6.07) is 0. The van der Waals surface area contributed by atoms with Crippen molar-refractivity contribution in [2.75, 3.05) is 37.7 Å². The number of carbonyl (C=O) groups excluding carboxylic acids is 1. The van der Waals surface area contributed by atoms with E-state index < -0.39 is 0 Å². The minimum Gasteiger partial charge on any atom is -0.341 e. The van der Waals surface area contributed by atoms with Gasteiger partial charge in [0, 0.05) is 13.1 Å². The Balaban J connectivity index is 2.27. The van der Waals surface area contributed by atoms with E-state index in [0.717, 1.165) is 37.8 Å². The highest BCUT2D eigenvalue weighted by molar-refractivity contribution is 7.99. The van der Waals surface area contributed by atoms with E-state index in [0.29, 0.717) is 23.5 Å². The van der Waals surface area contributed by atoms with Gasteiger partial charge in [-0.1, -0.05) is 27.7 Å². The van der Waals surface area contributed by atoms with Gasteiger partial charge in [-0.05, 0) is 36.6 Å². The van der Waals surface area contributed by atoms with Crippen LogP contribution in [-0.4, -0.2) is 48.5 Å². The second-order valence-corrected chi connectivity index (χ2v) is 7.16. The van der Waals surface area contributed by atoms with E-state index in [9.17, 15) is 4.79 Å². The monoisotopic (exact) mass is 272 g/mol. The maximum atomic E-state index is 12.2. The maximum Gasteiger partial charge on any atom is 0.232 e. The molecular weight excluding hydrogens is 244 g/mol. The molecule has 0 bridgehead atoms. The Morgan fingerprint density at radius 2 is 1.78 bits per heavy atom. The molecule has 1 amide bonds. The normalized spacial score (nSPS) is 16.1. The third-order valence-corrected chi connectivity index (χ3v) is 4.13. The van der Waals surface area contributed by atoms with E-state index in [4.69, 9.17) is 0 Å². The summed E-state index contributed by atoms with van der Waals surface area (Å²) in [4.78, 5) is 14.2. The van der Waals surface area contributed by atoms with Crippen molar-refractivity contribution in [1.29, 1.82) is 0 Å². The van der Waals surface area contributed by atoms with Gasteiger partial charge >= 0.3 is 0 Å². The summed E-state index contributed by atoms with van der Waals surface area (Å²) < 4.78 is 0. The van der Waals surface area contributed by atoms with Crippen LogP contribution in [0.1, 0.15) is 27.7 Å². The zero-order valence-corrected chi connectivity index (χ0v) is 13.1. The number of carbonyl (C=O) groups is 1. The lowest BCUT2D eigenvalue weighted by molar-refractivity contribution is -0.129. The fourth-order valence-corrected chi connectivity index (χ4v) is 3.07. The molecule has 0 aromatic carbocycles. The molecule has 0 spiro atoms. The molecule has 1 aliphatic heterocycles. The Kier molecular flexibility index (Phi) is 7.08. The number of thioether (sulfide) groups is 1. The zero-order chi connectivity index (χ0) is 13.5. The molecule has 0 saturated carbocycles. The highest BCUT2D eigenvalue weighted by Crippen LogP contribution is 2.14. The van der Waals surface area contributed by atoms with Crippen molar-refractivity contribution in [3.8, 4) is 0 Å². The van der Waals surface area contributed by atoms with Gasteiger partial charge in [-0.3, -0.25) is 4.79 Å². The molecule has 1 heterocycles. The van der Waals surface area contributed by atoms with E-state index in [1.165, 1.54) is 0 Å². The second kappa shape index (κ2) is 8.05. The third kappa shape index (κ3) is 6.10. The van der Waals surface area contributed by atoms with E-state index >= 15 is 0 Å². The van der Waals surface area contributed by atoms with Crippen LogP contribution in [0.4, 0.5) is 0 Å². The van der Waals surface area contributed by atoms with Crippen molar-refractivity contribution in [2.24, 2.45) is 17.8 Å². The first-order chi connectivity index (χ1) is 8.49. The Labute approximate surface area is 116 Å². The summed E-state index contributed by atoms with van der Waals surface area (Å²) in [7, 11) is 0. The van der Waals surface area contributed by atoms with Crippen LogP contribution in [0, 0.1) is 17.8 Å². The van der Waals surface area contributed by atoms with Gasteiger partial charge in [0.05, 0.1) is 5.75 Å². The van der Waals surface area contributed by atoms with Gasteiger partial charge in [0.1, 0.15) is 0 Å². The molecule has 1 rings (SSSR count). The highest BCUT2D eigenvalue weighted by Gasteiger charge is 2.19. The van der Waals surface area contributed by atoms with E-state index in [2.05, 4.69) is 33.0 Å². The van der Waals surface area contributed by atoms with Crippen LogP contribution in [0.15, 0.2) is 0 Å². The maximum absolute atomic E-state index is 12.2. The molecule has 1 N–H and O–H groups in total. The van der Waals surface area contributed by atoms with Crippen molar-refractivity contribution in [1.82, 2.24) is 10.2 Å². The molecule has 0 unspecified atom stereocenters. The molecule has 0 aliphatic carbocycles. The van der Waals surface area contributed by atoms with E-state index in [-0.39, 0.29) is 0 Å². The largest absolute Gasteiger partial charge is 0.341 e. The van der Waals surface area contributed by atoms with Crippen LogP contribution < -0.4 is 5.32 Å². The number of nitrogens with zero attached hydrogens (tertiary/aromatic N) is 1. The Bertz CT molecular complexity index is 242. The first-order valence-corrected chi connectivity index (χ1v) is 8.20. The molecular formula is C14H28N2OS. The first kappa shape index (κ1) is 15.8. The van der Waals surface area contributed by atoms with Crippen molar-refractivity contribution >= 4 is 17.7 Å². The molecule has 0 aromatic rings. The molecule has 4 heteroatoms. The van der Waals surface area contributed by atoms with Crippen LogP contribution in [0.3, 0.4) is 0 Å². The third-order valence-electron chi connectivity index (χ3n) is 2.97. The lowest BCUT2D eigenvalue weighted by atomic mass is 10.1. The van der Waals surface area contributed by atoms with Gasteiger partial charge in [0.2, 0.25) is 5.91 Å². The van der Waals surface area contributed by atoms with Crippen LogP contribution in [-0.2, 0) is 4.79 Å². The molecule has 0 atom stereocenters. The average Bonchev–Trinajstić information content (AvgIpc) is 2.19. The number of hydrogen-bond donors (Lipinski definition) is 1. The van der Waals surface area contributed by atoms with Gasteiger partial charge in [0.25, 0.3) is 0 Å². The summed E-state index contributed by atoms with van der Waals surface area (Å²) in [5, 5.41) is 3.27. The molecule has 18 heavy (non-hydrogen) atoms. The molecule has 0 aromatic heterocycles. The predicted octanol–water partition coefficient (Wildman–Crippen LogP) is 2.08. The van der Waals surface area contributed by atoms with Crippen molar-refractivity contribution in [3.05, 3.63) is 0 Å². The van der Waals surface area contributed by atoms with Gasteiger partial charge in [-0.15, -0.1) is 0 Å². The molecule has 3 nitrogen and oxygen atoms in total. The van der Waals surface area contributed by atoms with Crippen molar-refractivity contribution in [2.45, 2.75) is 27.7 Å². The second-order valence-electron chi connectivity index (χ2n) is 6.13. The van der Waals surface area contributed by atoms with Gasteiger partial charge in [0.15, 0.2) is 0 Å². The minimum absolute atomic E-state index is 0.315. The van der Waals surface area contributed by atoms with E-state index in [1.807, 2.05) is 4.90 Å². The smallest absolute Gasteiger partial charge is 0.232 e. The van der Waals surface area contributed by atoms with Crippen LogP contribution in [0.25, 0.3) is 0 Å². The lowest BCUT2D eigenvalue weighted by Gasteiger charge is -2.28. The SMILES string of the molecule is CC(C)CN(CC(C)C)C(=O)CSCC1CNC1. The summed E-state index contributed by atoms with van der Waals surface area (Å²) in [5.74, 6) is 3.97. The topological polar surface area (TPSA) is 32.3 Å². The minimum atomic E-state index is 0.315. The van der Waals surface area contributed by atoms with Crippen LogP contribution >= 0.6 is 11.8 Å². The molecule has 1 saturated heterocycles. The fourth-order valence-electron chi connectivity index (χ4n) is 2.03. The lowest BCUT2D eigenvalue weighted by Crippen LogP contribution is -2.43. The van der Waals surface area contributed by atoms with E-state index in [1.54, 1.807) is 11.8 Å². The number of hydrogen-bond acceptors (Lipinski definition) is 3. The molecule has 1 fully saturated rings. The number of amides is 1. The van der Waals surface area contributed by atoms with Gasteiger partial charge in [-0.2, -0.15) is 11.8 Å². The van der Waals surface area contributed by atoms with Crippen molar-refractivity contribution < 1.29 is 4.79 Å². The fraction of sp³-hybridized carbons (Fsp3) is 0.929.